The minimum absolute atomic E-state index is 0.0485. The Balaban J connectivity index is 1.61. The number of likely N-dealkylation sites (tertiary alicyclic amines) is 1. The van der Waals surface area contributed by atoms with Gasteiger partial charge in [-0.15, -0.1) is 0 Å². The van der Waals surface area contributed by atoms with E-state index in [1.807, 2.05) is 0 Å². The summed E-state index contributed by atoms with van der Waals surface area (Å²) in [5.74, 6) is -1.12. The average Bonchev–Trinajstić information content (AvgIpc) is 2.78. The van der Waals surface area contributed by atoms with E-state index in [2.05, 4.69) is 5.32 Å². The zero-order chi connectivity index (χ0) is 23.3. The third-order valence-electron chi connectivity index (χ3n) is 5.41. The quantitative estimate of drug-likeness (QED) is 0.680. The standard InChI is InChI=1S/C22H26FN3O5S/c1-25(32(2,29)30)16-11-13-26(14-12-16)22(28)17-7-3-6-10-20(17)31-15-21(27)24-19-9-5-4-8-18(19)23/h3-10,16H,11-15H2,1-2H3,(H,24,27). The van der Waals surface area contributed by atoms with Crippen molar-refractivity contribution in [3.05, 3.63) is 59.9 Å². The van der Waals surface area contributed by atoms with Gasteiger partial charge in [0, 0.05) is 26.2 Å². The zero-order valence-corrected chi connectivity index (χ0v) is 18.8. The lowest BCUT2D eigenvalue weighted by Gasteiger charge is -2.35. The summed E-state index contributed by atoms with van der Waals surface area (Å²) in [6.45, 7) is 0.427. The maximum Gasteiger partial charge on any atom is 0.262 e. The topological polar surface area (TPSA) is 96.0 Å². The van der Waals surface area contributed by atoms with Crippen LogP contribution < -0.4 is 10.1 Å². The van der Waals surface area contributed by atoms with Crippen molar-refractivity contribution in [3.8, 4) is 5.75 Å². The molecule has 3 rings (SSSR count). The highest BCUT2D eigenvalue weighted by molar-refractivity contribution is 7.88. The fraction of sp³-hybridized carbons (Fsp3) is 0.364. The van der Waals surface area contributed by atoms with Crippen LogP contribution in [0.4, 0.5) is 10.1 Å². The maximum atomic E-state index is 13.7. The van der Waals surface area contributed by atoms with Gasteiger partial charge in [-0.05, 0) is 37.1 Å². The van der Waals surface area contributed by atoms with Crippen molar-refractivity contribution in [1.82, 2.24) is 9.21 Å². The van der Waals surface area contributed by atoms with Gasteiger partial charge in [-0.25, -0.2) is 17.1 Å². The number of carbonyl (C=O) groups excluding carboxylic acids is 2. The highest BCUT2D eigenvalue weighted by Crippen LogP contribution is 2.24. The van der Waals surface area contributed by atoms with E-state index < -0.39 is 21.7 Å². The van der Waals surface area contributed by atoms with Gasteiger partial charge in [0.15, 0.2) is 6.61 Å². The van der Waals surface area contributed by atoms with Crippen molar-refractivity contribution in [3.63, 3.8) is 0 Å². The van der Waals surface area contributed by atoms with Crippen LogP contribution in [0.5, 0.6) is 5.75 Å². The number of rotatable bonds is 7. The maximum absolute atomic E-state index is 13.7. The number of benzene rings is 2. The van der Waals surface area contributed by atoms with Crippen molar-refractivity contribution in [2.45, 2.75) is 18.9 Å². The minimum Gasteiger partial charge on any atom is -0.483 e. The van der Waals surface area contributed by atoms with E-state index in [0.29, 0.717) is 31.5 Å². The Morgan fingerprint density at radius 2 is 1.75 bits per heavy atom. The highest BCUT2D eigenvalue weighted by Gasteiger charge is 2.30. The zero-order valence-electron chi connectivity index (χ0n) is 18.0. The molecule has 8 nitrogen and oxygen atoms in total. The summed E-state index contributed by atoms with van der Waals surface area (Å²) in [4.78, 5) is 26.8. The number of hydrogen-bond acceptors (Lipinski definition) is 5. The molecule has 2 aromatic rings. The second kappa shape index (κ2) is 10.1. The molecule has 10 heteroatoms. The number of nitrogens with one attached hydrogen (secondary N) is 1. The summed E-state index contributed by atoms with van der Waals surface area (Å²) in [6, 6.07) is 12.2. The summed E-state index contributed by atoms with van der Waals surface area (Å²) in [5, 5.41) is 2.43. The number of anilines is 1. The normalized spacial score (nSPS) is 14.9. The Hall–Kier alpha value is -2.98. The summed E-state index contributed by atoms with van der Waals surface area (Å²) in [7, 11) is -1.74. The first-order valence-corrected chi connectivity index (χ1v) is 12.0. The molecule has 1 fully saturated rings. The number of carbonyl (C=O) groups is 2. The molecule has 0 unspecified atom stereocenters. The van der Waals surface area contributed by atoms with Gasteiger partial charge in [0.2, 0.25) is 10.0 Å². The van der Waals surface area contributed by atoms with Gasteiger partial charge in [-0.2, -0.15) is 0 Å². The first kappa shape index (κ1) is 23.7. The van der Waals surface area contributed by atoms with Gasteiger partial charge in [0.05, 0.1) is 17.5 Å². The Kier molecular flexibility index (Phi) is 7.47. The van der Waals surface area contributed by atoms with E-state index in [-0.39, 0.29) is 30.0 Å². The Bertz CT molecular complexity index is 1080. The Labute approximate surface area is 187 Å². The van der Waals surface area contributed by atoms with E-state index in [4.69, 9.17) is 4.74 Å². The summed E-state index contributed by atoms with van der Waals surface area (Å²) >= 11 is 0. The molecule has 1 aliphatic heterocycles. The van der Waals surface area contributed by atoms with Crippen LogP contribution in [0.15, 0.2) is 48.5 Å². The van der Waals surface area contributed by atoms with Gasteiger partial charge in [0.25, 0.3) is 11.8 Å². The van der Waals surface area contributed by atoms with Crippen LogP contribution in [-0.4, -0.2) is 68.5 Å². The van der Waals surface area contributed by atoms with E-state index in [1.54, 1.807) is 42.3 Å². The SMILES string of the molecule is CN(C1CCN(C(=O)c2ccccc2OCC(=O)Nc2ccccc2F)CC1)S(C)(=O)=O. The number of nitrogens with zero attached hydrogens (tertiary/aromatic N) is 2. The van der Waals surface area contributed by atoms with Crippen molar-refractivity contribution in [2.24, 2.45) is 0 Å². The fourth-order valence-electron chi connectivity index (χ4n) is 3.54. The molecule has 0 aromatic heterocycles. The lowest BCUT2D eigenvalue weighted by atomic mass is 10.0. The third kappa shape index (κ3) is 5.83. The van der Waals surface area contributed by atoms with Gasteiger partial charge >= 0.3 is 0 Å². The lowest BCUT2D eigenvalue weighted by molar-refractivity contribution is -0.118. The van der Waals surface area contributed by atoms with Crippen LogP contribution in [0.2, 0.25) is 0 Å². The minimum atomic E-state index is -3.29. The molecule has 0 spiro atoms. The highest BCUT2D eigenvalue weighted by atomic mass is 32.2. The molecule has 1 N–H and O–H groups in total. The second-order valence-electron chi connectivity index (χ2n) is 7.62. The van der Waals surface area contributed by atoms with Crippen LogP contribution in [0.3, 0.4) is 0 Å². The third-order valence-corrected chi connectivity index (χ3v) is 6.76. The molecule has 0 atom stereocenters. The number of para-hydroxylation sites is 2. The molecular weight excluding hydrogens is 437 g/mol. The summed E-state index contributed by atoms with van der Waals surface area (Å²) < 4.78 is 44.1. The Morgan fingerprint density at radius 1 is 1.12 bits per heavy atom. The molecule has 172 valence electrons. The van der Waals surface area contributed by atoms with Crippen LogP contribution >= 0.6 is 0 Å². The second-order valence-corrected chi connectivity index (χ2v) is 9.66. The van der Waals surface area contributed by atoms with Crippen molar-refractivity contribution >= 4 is 27.5 Å². The Morgan fingerprint density at radius 3 is 2.41 bits per heavy atom. The fourth-order valence-corrected chi connectivity index (χ4v) is 4.29. The first-order chi connectivity index (χ1) is 15.2. The molecule has 2 aromatic carbocycles. The molecule has 0 radical (unpaired) electrons. The van der Waals surface area contributed by atoms with Crippen LogP contribution in [0, 0.1) is 5.82 Å². The van der Waals surface area contributed by atoms with E-state index in [9.17, 15) is 22.4 Å². The molecule has 1 saturated heterocycles. The van der Waals surface area contributed by atoms with Gasteiger partial charge in [-0.1, -0.05) is 24.3 Å². The number of halogens is 1. The predicted octanol–water partition coefficient (Wildman–Crippen LogP) is 2.34. The molecule has 0 bridgehead atoms. The smallest absolute Gasteiger partial charge is 0.262 e. The summed E-state index contributed by atoms with van der Waals surface area (Å²) in [5.41, 5.74) is 0.355. The molecule has 0 saturated carbocycles. The predicted molar refractivity (Wildman–Crippen MR) is 118 cm³/mol. The van der Waals surface area contributed by atoms with E-state index >= 15 is 0 Å². The van der Waals surface area contributed by atoms with Crippen LogP contribution in [-0.2, 0) is 14.8 Å². The number of piperidine rings is 1. The first-order valence-electron chi connectivity index (χ1n) is 10.2. The number of hydrogen-bond donors (Lipinski definition) is 1. The number of sulfonamides is 1. The molecule has 2 amide bonds. The van der Waals surface area contributed by atoms with Crippen LogP contribution in [0.1, 0.15) is 23.2 Å². The molecule has 1 heterocycles. The summed E-state index contributed by atoms with van der Waals surface area (Å²) in [6.07, 6.45) is 2.23. The van der Waals surface area contributed by atoms with Crippen molar-refractivity contribution in [1.29, 1.82) is 0 Å². The van der Waals surface area contributed by atoms with Gasteiger partial charge in [0.1, 0.15) is 11.6 Å². The largest absolute Gasteiger partial charge is 0.483 e. The molecular formula is C22H26FN3O5S. The molecule has 32 heavy (non-hydrogen) atoms. The van der Waals surface area contributed by atoms with Crippen molar-refractivity contribution in [2.75, 3.05) is 38.3 Å². The number of amides is 2. The van der Waals surface area contributed by atoms with E-state index in [0.717, 1.165) is 0 Å². The molecule has 1 aliphatic rings. The van der Waals surface area contributed by atoms with E-state index in [1.165, 1.54) is 28.8 Å². The lowest BCUT2D eigenvalue weighted by Crippen LogP contribution is -2.47. The van der Waals surface area contributed by atoms with Crippen LogP contribution in [0.25, 0.3) is 0 Å². The monoisotopic (exact) mass is 463 g/mol. The van der Waals surface area contributed by atoms with Crippen molar-refractivity contribution < 1.29 is 27.1 Å². The van der Waals surface area contributed by atoms with Gasteiger partial charge < -0.3 is 15.0 Å². The average molecular weight is 464 g/mol. The molecule has 0 aliphatic carbocycles. The van der Waals surface area contributed by atoms with Gasteiger partial charge in [-0.3, -0.25) is 9.59 Å². The number of ether oxygens (including phenoxy) is 1.